The smallest absolute Gasteiger partial charge is 0.125 e. The van der Waals surface area contributed by atoms with Crippen molar-refractivity contribution >= 4 is 22.7 Å². The normalized spacial score (nSPS) is 6.36. The van der Waals surface area contributed by atoms with Gasteiger partial charge in [-0.15, -0.1) is 22.7 Å². The molecule has 0 aliphatic heterocycles. The summed E-state index contributed by atoms with van der Waals surface area (Å²) in [5.41, 5.74) is 9.80. The third-order valence-electron chi connectivity index (χ3n) is 7.95. The minimum atomic E-state index is 0. The summed E-state index contributed by atoms with van der Waals surface area (Å²) in [5.74, 6) is 1.66. The van der Waals surface area contributed by atoms with Crippen LogP contribution in [-0.2, 0) is 0 Å². The molecule has 9 aromatic rings. The van der Waals surface area contributed by atoms with Gasteiger partial charge in [-0.05, 0) is 176 Å². The maximum atomic E-state index is 4.06. The second-order valence-corrected chi connectivity index (χ2v) is 16.2. The van der Waals surface area contributed by atoms with Crippen molar-refractivity contribution < 1.29 is 0 Å². The van der Waals surface area contributed by atoms with Crippen molar-refractivity contribution in [3.8, 4) is 0 Å². The van der Waals surface area contributed by atoms with Crippen molar-refractivity contribution in [3.63, 3.8) is 0 Å². The number of pyridine rings is 3. The van der Waals surface area contributed by atoms with E-state index in [1.165, 1.54) is 43.9 Å². The molecule has 11 heteroatoms. The first kappa shape index (κ1) is 173. The summed E-state index contributed by atoms with van der Waals surface area (Å²) in [6, 6.07) is 32.0. The molecule has 9 rings (SSSR count). The second kappa shape index (κ2) is 188. The van der Waals surface area contributed by atoms with Crippen LogP contribution in [0.2, 0.25) is 0 Å². The predicted octanol–water partition coefficient (Wildman–Crippen LogP) is 35.7. The van der Waals surface area contributed by atoms with Crippen molar-refractivity contribution in [1.29, 1.82) is 0 Å². The van der Waals surface area contributed by atoms with E-state index in [-0.39, 0.29) is 66.8 Å². The van der Waals surface area contributed by atoms with Gasteiger partial charge in [0.05, 0.1) is 0 Å². The number of rotatable bonds is 0. The molecule has 0 saturated carbocycles. The number of hydrogen-bond donors (Lipinski definition) is 0. The molecule has 0 radical (unpaired) electrons. The van der Waals surface area contributed by atoms with Gasteiger partial charge in [0.1, 0.15) is 18.0 Å². The molecule has 8 heterocycles. The van der Waals surface area contributed by atoms with E-state index in [0.717, 1.165) is 28.6 Å². The molecule has 0 aliphatic carbocycles. The molecule has 0 spiro atoms. The zero-order valence-electron chi connectivity index (χ0n) is 71.6. The molecule has 0 aliphatic rings. The van der Waals surface area contributed by atoms with Crippen LogP contribution >= 0.6 is 22.7 Å². The fourth-order valence-corrected chi connectivity index (χ4v) is 5.54. The van der Waals surface area contributed by atoms with E-state index in [1.54, 1.807) is 84.5 Å². The highest BCUT2D eigenvalue weighted by molar-refractivity contribution is 7.10. The van der Waals surface area contributed by atoms with Crippen molar-refractivity contribution in [2.24, 2.45) is 0 Å². The van der Waals surface area contributed by atoms with Gasteiger partial charge in [0.2, 0.25) is 0 Å². The Morgan fingerprint density at radius 2 is 0.533 bits per heavy atom. The summed E-state index contributed by atoms with van der Waals surface area (Å²) in [6.45, 7) is 88.3. The van der Waals surface area contributed by atoms with Crippen molar-refractivity contribution in [3.05, 3.63) is 242 Å². The first-order valence-electron chi connectivity index (χ1n) is 36.6. The Bertz CT molecular complexity index is 2030. The molecule has 0 saturated heterocycles. The molecular weight excluding hydrogens is 1320 g/mol. The Labute approximate surface area is 677 Å². The first-order valence-corrected chi connectivity index (χ1v) is 38.4. The highest BCUT2D eigenvalue weighted by Crippen LogP contribution is 2.13. The maximum Gasteiger partial charge on any atom is 0.125 e. The van der Waals surface area contributed by atoms with Gasteiger partial charge in [-0.3, -0.25) is 15.0 Å². The fourth-order valence-electron chi connectivity index (χ4n) is 4.08. The second-order valence-electron chi connectivity index (χ2n) is 14.0. The van der Waals surface area contributed by atoms with Crippen LogP contribution in [0.4, 0.5) is 0 Å². The third kappa shape index (κ3) is 174. The zero-order chi connectivity index (χ0) is 79.2. The lowest BCUT2D eigenvalue weighted by Gasteiger charge is -1.89. The van der Waals surface area contributed by atoms with E-state index in [2.05, 4.69) is 115 Å². The monoisotopic (exact) mass is 1520 g/mol. The van der Waals surface area contributed by atoms with Crippen LogP contribution < -0.4 is 0 Å². The van der Waals surface area contributed by atoms with Gasteiger partial charge in [-0.2, -0.15) is 0 Å². The van der Waals surface area contributed by atoms with Gasteiger partial charge < -0.3 is 0 Å². The molecule has 0 unspecified atom stereocenters. The Morgan fingerprint density at radius 1 is 0.219 bits per heavy atom. The largest absolute Gasteiger partial charge is 0.265 e. The molecule has 0 amide bonds. The van der Waals surface area contributed by atoms with E-state index < -0.39 is 0 Å². The lowest BCUT2D eigenvalue weighted by Crippen LogP contribution is -1.86. The molecule has 9 nitrogen and oxygen atoms in total. The minimum absolute atomic E-state index is 0. The highest BCUT2D eigenvalue weighted by atomic mass is 32.1. The summed E-state index contributed by atoms with van der Waals surface area (Å²) in [7, 11) is 0. The molecule has 105 heavy (non-hydrogen) atoms. The summed E-state index contributed by atoms with van der Waals surface area (Å²) in [6.07, 6.45) is 19.2. The number of aryl methyl sites for hydroxylation is 12. The van der Waals surface area contributed by atoms with Crippen LogP contribution in [0.5, 0.6) is 0 Å². The topological polar surface area (TPSA) is 116 Å². The molecule has 630 valence electrons. The van der Waals surface area contributed by atoms with Gasteiger partial charge in [-0.25, -0.2) is 29.9 Å². The van der Waals surface area contributed by atoms with Gasteiger partial charge in [-0.1, -0.05) is 336 Å². The van der Waals surface area contributed by atoms with Crippen LogP contribution in [0, 0.1) is 83.1 Å². The van der Waals surface area contributed by atoms with Gasteiger partial charge in [0, 0.05) is 83.1 Å². The molecule has 0 fully saturated rings. The summed E-state index contributed by atoms with van der Waals surface area (Å²) in [4.78, 5) is 37.8. The molecule has 0 bridgehead atoms. The molecular formula is C94H197N9S2. The van der Waals surface area contributed by atoms with E-state index >= 15 is 0 Å². The van der Waals surface area contributed by atoms with Crippen molar-refractivity contribution in [1.82, 2.24) is 44.9 Å². The number of thiophene rings is 2. The average molecular weight is 1520 g/mol. The summed E-state index contributed by atoms with van der Waals surface area (Å²) in [5, 5.41) is 4.23. The molecule has 0 atom stereocenters. The standard InChI is InChI=1S/C7H8.C6H8N2.3C6H7N.2C6H8S.2C5H6N2.16C2H6.9CH4/c1-7-5-3-2-4-6-7;1-5-3-4-7-6(2)8-5;1-6-2-4-7-5-3-6;1-6-3-2-4-7-5-6;1-6-4-2-3-5-7-6;2*1-5-3-4-7-6(5)2;1-5-2-6-4-7-3-5;1-5-6-3-2-4-7-5;16*1-2;;;;;;;;;/h2-6H,1H3;3-4H,1-2H3;3*2-5H,1H3;2*3-4H,1-2H3;2*2-4H,1H3;16*1-2H3;9*1H4. The summed E-state index contributed by atoms with van der Waals surface area (Å²) < 4.78 is 0. The molecule has 1 aromatic carbocycles. The van der Waals surface area contributed by atoms with Gasteiger partial charge in [0.15, 0.2) is 0 Å². The molecule has 0 N–H and O–H groups in total. The average Bonchev–Trinajstić information content (AvgIpc) is 1.90. The lowest BCUT2D eigenvalue weighted by atomic mass is 10.2. The van der Waals surface area contributed by atoms with E-state index in [4.69, 9.17) is 0 Å². The van der Waals surface area contributed by atoms with Crippen molar-refractivity contribution in [2.75, 3.05) is 0 Å². The predicted molar refractivity (Wildman–Crippen MR) is 513 cm³/mol. The maximum absolute atomic E-state index is 4.06. The van der Waals surface area contributed by atoms with Crippen LogP contribution in [-0.4, -0.2) is 44.9 Å². The number of aromatic nitrogens is 9. The van der Waals surface area contributed by atoms with Crippen LogP contribution in [0.3, 0.4) is 0 Å². The van der Waals surface area contributed by atoms with E-state index in [0.29, 0.717) is 0 Å². The van der Waals surface area contributed by atoms with Crippen LogP contribution in [0.15, 0.2) is 176 Å². The zero-order valence-corrected chi connectivity index (χ0v) is 73.2. The van der Waals surface area contributed by atoms with Crippen LogP contribution in [0.25, 0.3) is 0 Å². The Morgan fingerprint density at radius 3 is 0.686 bits per heavy atom. The third-order valence-corrected chi connectivity index (χ3v) is 9.84. The molecule has 8 aromatic heterocycles. The first-order chi connectivity index (χ1) is 46.8. The number of hydrogen-bond acceptors (Lipinski definition) is 11. The van der Waals surface area contributed by atoms with Crippen LogP contribution in [0.1, 0.15) is 355 Å². The van der Waals surface area contributed by atoms with E-state index in [1.807, 2.05) is 343 Å². The van der Waals surface area contributed by atoms with Gasteiger partial charge in [0.25, 0.3) is 0 Å². The van der Waals surface area contributed by atoms with Gasteiger partial charge >= 0.3 is 0 Å². The highest BCUT2D eigenvalue weighted by Gasteiger charge is 1.88. The van der Waals surface area contributed by atoms with E-state index in [9.17, 15) is 0 Å². The number of benzene rings is 1. The minimum Gasteiger partial charge on any atom is -0.265 e. The van der Waals surface area contributed by atoms with Crippen molar-refractivity contribution in [2.45, 2.75) is 371 Å². The Balaban J connectivity index is -0.0000000281. The Kier molecular flexibility index (Phi) is 310. The number of nitrogens with zero attached hydrogens (tertiary/aromatic N) is 9. The SMILES string of the molecule is C.C.C.C.C.C.C.C.C.CC.CC.CC.CC.CC.CC.CC.CC.CC.CC.CC.CC.CC.CC.CC.CC.Cc1ccccc1.Cc1ccccn1.Cc1cccnc1.Cc1ccnc(C)n1.Cc1ccncc1.Cc1ccsc1C.Cc1ccsc1C.Cc1cncnc1.Cc1ncccn1. The fraction of sp³-hybridized carbons (Fsp3) is 0.564. The lowest BCUT2D eigenvalue weighted by molar-refractivity contribution is 1.01. The quantitative estimate of drug-likeness (QED) is 0.146. The summed E-state index contributed by atoms with van der Waals surface area (Å²) >= 11 is 3.61. The Hall–Kier alpha value is -6.69.